The van der Waals surface area contributed by atoms with E-state index in [9.17, 15) is 9.90 Å². The molecule has 0 aliphatic carbocycles. The normalized spacial score (nSPS) is 11.5. The molecule has 0 bridgehead atoms. The second-order valence-electron chi connectivity index (χ2n) is 4.68. The predicted molar refractivity (Wildman–Crippen MR) is 84.9 cm³/mol. The monoisotopic (exact) mass is 311 g/mol. The van der Waals surface area contributed by atoms with E-state index in [1.807, 2.05) is 24.3 Å². The molecule has 3 aromatic rings. The number of aliphatic hydroxyl groups is 1. The van der Waals surface area contributed by atoms with Crippen molar-refractivity contribution in [2.75, 3.05) is 0 Å². The highest BCUT2D eigenvalue weighted by molar-refractivity contribution is 7.10. The Morgan fingerprint density at radius 2 is 2.14 bits per heavy atom. The van der Waals surface area contributed by atoms with Gasteiger partial charge in [-0.25, -0.2) is 4.98 Å². The fourth-order valence-corrected chi connectivity index (χ4v) is 2.91. The molecule has 0 unspecified atom stereocenters. The van der Waals surface area contributed by atoms with Crippen molar-refractivity contribution < 1.29 is 9.90 Å². The minimum Gasteiger partial charge on any atom is -0.504 e. The second-order valence-corrected chi connectivity index (χ2v) is 5.68. The summed E-state index contributed by atoms with van der Waals surface area (Å²) in [6.07, 6.45) is 3.26. The van der Waals surface area contributed by atoms with Crippen molar-refractivity contribution in [2.45, 2.75) is 6.42 Å². The Hall–Kier alpha value is -2.73. The lowest BCUT2D eigenvalue weighted by Crippen LogP contribution is -1.96. The molecule has 0 saturated carbocycles. The smallest absolute Gasteiger partial charge is 0.215 e. The van der Waals surface area contributed by atoms with Crippen LogP contribution in [0.3, 0.4) is 0 Å². The minimum absolute atomic E-state index is 0.105. The largest absolute Gasteiger partial charge is 0.504 e. The van der Waals surface area contributed by atoms with Crippen LogP contribution < -0.4 is 0 Å². The molecule has 110 valence electrons. The molecule has 5 nitrogen and oxygen atoms in total. The molecule has 0 aliphatic rings. The van der Waals surface area contributed by atoms with Gasteiger partial charge in [0.15, 0.2) is 11.5 Å². The fraction of sp³-hybridized carbons (Fsp3) is 0.0625. The third kappa shape index (κ3) is 3.29. The summed E-state index contributed by atoms with van der Waals surface area (Å²) in [7, 11) is 0. The van der Waals surface area contributed by atoms with Gasteiger partial charge in [-0.1, -0.05) is 30.3 Å². The fourth-order valence-electron chi connectivity index (χ4n) is 2.00. The lowest BCUT2D eigenvalue weighted by molar-refractivity contribution is 0.104. The molecule has 1 aromatic carbocycles. The first kappa shape index (κ1) is 14.2. The van der Waals surface area contributed by atoms with Gasteiger partial charge in [0.1, 0.15) is 6.33 Å². The van der Waals surface area contributed by atoms with Crippen LogP contribution in [0.5, 0.6) is 0 Å². The second kappa shape index (κ2) is 6.36. The van der Waals surface area contributed by atoms with Crippen molar-refractivity contribution in [1.82, 2.24) is 15.2 Å². The Labute approximate surface area is 131 Å². The lowest BCUT2D eigenvalue weighted by Gasteiger charge is -1.97. The molecule has 0 saturated heterocycles. The van der Waals surface area contributed by atoms with Crippen molar-refractivity contribution in [3.63, 3.8) is 0 Å². The van der Waals surface area contributed by atoms with E-state index in [1.165, 1.54) is 23.2 Å². The summed E-state index contributed by atoms with van der Waals surface area (Å²) < 4.78 is 0. The molecule has 0 amide bonds. The Morgan fingerprint density at radius 3 is 2.86 bits per heavy atom. The maximum absolute atomic E-state index is 12.1. The number of rotatable bonds is 5. The van der Waals surface area contributed by atoms with Crippen molar-refractivity contribution in [3.05, 3.63) is 76.0 Å². The van der Waals surface area contributed by atoms with E-state index in [0.29, 0.717) is 5.56 Å². The number of carbonyl (C=O) groups excluding carboxylic acids is 1. The average molecular weight is 311 g/mol. The van der Waals surface area contributed by atoms with E-state index in [4.69, 9.17) is 0 Å². The first-order chi connectivity index (χ1) is 10.7. The molecule has 3 rings (SSSR count). The summed E-state index contributed by atoms with van der Waals surface area (Å²) in [5, 5.41) is 17.8. The van der Waals surface area contributed by atoms with Gasteiger partial charge in [0, 0.05) is 28.3 Å². The molecule has 0 radical (unpaired) electrons. The van der Waals surface area contributed by atoms with Crippen LogP contribution in [0.1, 0.15) is 26.6 Å². The van der Waals surface area contributed by atoms with Crippen LogP contribution in [-0.2, 0) is 6.42 Å². The molecule has 0 atom stereocenters. The highest BCUT2D eigenvalue weighted by Crippen LogP contribution is 2.20. The van der Waals surface area contributed by atoms with Crippen molar-refractivity contribution in [1.29, 1.82) is 0 Å². The van der Waals surface area contributed by atoms with E-state index in [1.54, 1.807) is 5.38 Å². The van der Waals surface area contributed by atoms with Crippen LogP contribution in [-0.4, -0.2) is 26.1 Å². The zero-order valence-electron chi connectivity index (χ0n) is 11.6. The standard InChI is InChI=1S/C16H13N3O2S/c20-14(8-15(21)16-17-10-18-19-16)12-7-13(22-9-12)6-11-4-2-1-3-5-11/h1-5,7-10,21H,6H2,(H,17,18,19). The third-order valence-electron chi connectivity index (χ3n) is 3.07. The quantitative estimate of drug-likeness (QED) is 0.431. The lowest BCUT2D eigenvalue weighted by atomic mass is 10.1. The number of carbonyl (C=O) groups is 1. The average Bonchev–Trinajstić information content (AvgIpc) is 3.19. The number of thiophene rings is 1. The summed E-state index contributed by atoms with van der Waals surface area (Å²) in [6.45, 7) is 0. The van der Waals surface area contributed by atoms with Crippen LogP contribution in [0.2, 0.25) is 0 Å². The van der Waals surface area contributed by atoms with Crippen LogP contribution in [0.4, 0.5) is 0 Å². The summed E-state index contributed by atoms with van der Waals surface area (Å²) in [6, 6.07) is 11.9. The van der Waals surface area contributed by atoms with Crippen LogP contribution in [0.25, 0.3) is 5.76 Å². The number of ketones is 1. The molecule has 0 spiro atoms. The number of nitrogens with one attached hydrogen (secondary N) is 1. The van der Waals surface area contributed by atoms with E-state index >= 15 is 0 Å². The van der Waals surface area contributed by atoms with E-state index in [2.05, 4.69) is 27.3 Å². The van der Waals surface area contributed by atoms with Crippen LogP contribution in [0.15, 0.2) is 54.2 Å². The maximum Gasteiger partial charge on any atom is 0.215 e. The van der Waals surface area contributed by atoms with Gasteiger partial charge < -0.3 is 5.11 Å². The zero-order chi connectivity index (χ0) is 15.4. The highest BCUT2D eigenvalue weighted by Gasteiger charge is 2.11. The summed E-state index contributed by atoms with van der Waals surface area (Å²) >= 11 is 1.53. The predicted octanol–water partition coefficient (Wildman–Crippen LogP) is 3.24. The summed E-state index contributed by atoms with van der Waals surface area (Å²) in [5.41, 5.74) is 1.75. The van der Waals surface area contributed by atoms with Gasteiger partial charge >= 0.3 is 0 Å². The van der Waals surface area contributed by atoms with Crippen molar-refractivity contribution in [3.8, 4) is 0 Å². The Kier molecular flexibility index (Phi) is 4.11. The number of aromatic nitrogens is 3. The molecule has 6 heteroatoms. The minimum atomic E-state index is -0.266. The molecule has 2 heterocycles. The number of allylic oxidation sites excluding steroid dienone is 1. The van der Waals surface area contributed by atoms with Gasteiger partial charge in [-0.15, -0.1) is 11.3 Å². The number of aliphatic hydroxyl groups excluding tert-OH is 1. The number of benzene rings is 1. The topological polar surface area (TPSA) is 78.9 Å². The number of nitrogens with zero attached hydrogens (tertiary/aromatic N) is 2. The van der Waals surface area contributed by atoms with Gasteiger partial charge in [0.2, 0.25) is 5.82 Å². The first-order valence-corrected chi connectivity index (χ1v) is 7.53. The Morgan fingerprint density at radius 1 is 1.32 bits per heavy atom. The molecular weight excluding hydrogens is 298 g/mol. The zero-order valence-corrected chi connectivity index (χ0v) is 12.4. The van der Waals surface area contributed by atoms with E-state index in [-0.39, 0.29) is 17.4 Å². The molecule has 0 fully saturated rings. The van der Waals surface area contributed by atoms with Crippen LogP contribution >= 0.6 is 11.3 Å². The van der Waals surface area contributed by atoms with Crippen LogP contribution in [0, 0.1) is 0 Å². The van der Waals surface area contributed by atoms with Crippen molar-refractivity contribution >= 4 is 22.9 Å². The number of hydrogen-bond donors (Lipinski definition) is 2. The SMILES string of the molecule is O=C(C=C(O)c1nc[nH]n1)c1csc(Cc2ccccc2)c1. The molecule has 22 heavy (non-hydrogen) atoms. The Balaban J connectivity index is 1.73. The van der Waals surface area contributed by atoms with Gasteiger partial charge in [-0.05, 0) is 11.6 Å². The molecule has 2 N–H and O–H groups in total. The molecular formula is C16H13N3O2S. The first-order valence-electron chi connectivity index (χ1n) is 6.65. The number of H-pyrrole nitrogens is 1. The number of hydrogen-bond acceptors (Lipinski definition) is 5. The van der Waals surface area contributed by atoms with Gasteiger partial charge in [-0.3, -0.25) is 9.89 Å². The summed E-state index contributed by atoms with van der Waals surface area (Å²) in [4.78, 5) is 17.0. The maximum atomic E-state index is 12.1. The van der Waals surface area contributed by atoms with Gasteiger partial charge in [0.05, 0.1) is 0 Å². The Bertz CT molecular complexity index is 792. The number of aromatic amines is 1. The van der Waals surface area contributed by atoms with Crippen molar-refractivity contribution in [2.24, 2.45) is 0 Å². The third-order valence-corrected chi connectivity index (χ3v) is 4.01. The summed E-state index contributed by atoms with van der Waals surface area (Å²) in [5.74, 6) is -0.409. The highest BCUT2D eigenvalue weighted by atomic mass is 32.1. The van der Waals surface area contributed by atoms with E-state index < -0.39 is 0 Å². The van der Waals surface area contributed by atoms with Gasteiger partial charge in [0.25, 0.3) is 0 Å². The van der Waals surface area contributed by atoms with Gasteiger partial charge in [-0.2, -0.15) is 5.10 Å². The molecule has 2 aromatic heterocycles. The van der Waals surface area contributed by atoms with E-state index in [0.717, 1.165) is 17.4 Å². The molecule has 0 aliphatic heterocycles.